The summed E-state index contributed by atoms with van der Waals surface area (Å²) < 4.78 is 9.47. The Morgan fingerprint density at radius 3 is 2.41 bits per heavy atom. The van der Waals surface area contributed by atoms with Gasteiger partial charge in [0.1, 0.15) is 11.7 Å². The van der Waals surface area contributed by atoms with Gasteiger partial charge >= 0.3 is 11.9 Å². The molecule has 1 unspecified atom stereocenters. The zero-order valence-corrected chi connectivity index (χ0v) is 18.1. The van der Waals surface area contributed by atoms with Gasteiger partial charge in [-0.1, -0.05) is 0 Å². The van der Waals surface area contributed by atoms with Crippen LogP contribution in [0.25, 0.3) is 0 Å². The number of rotatable bonds is 8. The van der Waals surface area contributed by atoms with E-state index in [1.54, 1.807) is 0 Å². The number of hydrogen-bond acceptors (Lipinski definition) is 9. The standard InChI is InChI=1S/C22H27N5O5/c1-31-20(28)13-18(22(30)32-2)25-16-7-11-27(12-8-16)17-5-3-15(4-6-17)26-21(29)19-14-23-9-10-24-19/h3-6,9-10,14,16,18,25H,7-8,11-13H2,1-2H3,(H,26,29). The second-order valence-corrected chi connectivity index (χ2v) is 7.38. The molecule has 10 nitrogen and oxygen atoms in total. The number of piperidine rings is 1. The molecule has 1 aromatic carbocycles. The van der Waals surface area contributed by atoms with Crippen LogP contribution >= 0.6 is 0 Å². The second-order valence-electron chi connectivity index (χ2n) is 7.38. The van der Waals surface area contributed by atoms with Crippen LogP contribution < -0.4 is 15.5 Å². The molecule has 2 aromatic rings. The molecular formula is C22H27N5O5. The van der Waals surface area contributed by atoms with E-state index < -0.39 is 18.0 Å². The number of carbonyl (C=O) groups is 3. The first-order chi connectivity index (χ1) is 15.5. The highest BCUT2D eigenvalue weighted by Crippen LogP contribution is 2.23. The average molecular weight is 441 g/mol. The third-order valence-corrected chi connectivity index (χ3v) is 5.30. The summed E-state index contributed by atoms with van der Waals surface area (Å²) >= 11 is 0. The Hall–Kier alpha value is -3.53. The van der Waals surface area contributed by atoms with Crippen molar-refractivity contribution in [3.8, 4) is 0 Å². The molecule has 1 atom stereocenters. The largest absolute Gasteiger partial charge is 0.469 e. The Kier molecular flexibility index (Phi) is 8.09. The summed E-state index contributed by atoms with van der Waals surface area (Å²) in [4.78, 5) is 45.9. The number of aromatic nitrogens is 2. The van der Waals surface area contributed by atoms with Gasteiger partial charge in [-0.25, -0.2) is 4.98 Å². The van der Waals surface area contributed by atoms with Crippen LogP contribution in [0.15, 0.2) is 42.9 Å². The van der Waals surface area contributed by atoms with E-state index in [-0.39, 0.29) is 24.1 Å². The van der Waals surface area contributed by atoms with Gasteiger partial charge in [0.2, 0.25) is 0 Å². The van der Waals surface area contributed by atoms with Gasteiger partial charge in [0.15, 0.2) is 0 Å². The molecule has 0 spiro atoms. The number of hydrogen-bond donors (Lipinski definition) is 2. The van der Waals surface area contributed by atoms with Crippen molar-refractivity contribution in [3.05, 3.63) is 48.5 Å². The summed E-state index contributed by atoms with van der Waals surface area (Å²) in [6.45, 7) is 1.57. The maximum atomic E-state index is 12.2. The molecule has 1 aliphatic rings. The molecular weight excluding hydrogens is 414 g/mol. The fraction of sp³-hybridized carbons (Fsp3) is 0.409. The minimum atomic E-state index is -0.721. The first kappa shape index (κ1) is 23.1. The van der Waals surface area contributed by atoms with Crippen molar-refractivity contribution >= 4 is 29.2 Å². The van der Waals surface area contributed by atoms with Gasteiger partial charge < -0.3 is 25.0 Å². The van der Waals surface area contributed by atoms with Gasteiger partial charge in [0.05, 0.1) is 26.8 Å². The SMILES string of the molecule is COC(=O)CC(NC1CCN(c2ccc(NC(=O)c3cnccn3)cc2)CC1)C(=O)OC. The van der Waals surface area contributed by atoms with Crippen LogP contribution in [0.4, 0.5) is 11.4 Å². The highest BCUT2D eigenvalue weighted by atomic mass is 16.5. The summed E-state index contributed by atoms with van der Waals surface area (Å²) in [6.07, 6.45) is 5.95. The van der Waals surface area contributed by atoms with Gasteiger partial charge in [-0.3, -0.25) is 19.4 Å². The summed E-state index contributed by atoms with van der Waals surface area (Å²) in [5.41, 5.74) is 1.97. The van der Waals surface area contributed by atoms with E-state index in [0.29, 0.717) is 5.69 Å². The third-order valence-electron chi connectivity index (χ3n) is 5.30. The third kappa shape index (κ3) is 6.24. The number of anilines is 2. The number of nitrogens with zero attached hydrogens (tertiary/aromatic N) is 3. The smallest absolute Gasteiger partial charge is 0.323 e. The van der Waals surface area contributed by atoms with Gasteiger partial charge in [-0.05, 0) is 37.1 Å². The van der Waals surface area contributed by atoms with E-state index in [1.807, 2.05) is 24.3 Å². The number of methoxy groups -OCH3 is 2. The van der Waals surface area contributed by atoms with Crippen LogP contribution in [0.3, 0.4) is 0 Å². The fourth-order valence-electron chi connectivity index (χ4n) is 3.56. The van der Waals surface area contributed by atoms with Crippen LogP contribution in [-0.4, -0.2) is 67.2 Å². The number of amides is 1. The molecule has 10 heteroatoms. The minimum absolute atomic E-state index is 0.0644. The molecule has 0 saturated carbocycles. The Labute approximate surface area is 186 Å². The second kappa shape index (κ2) is 11.2. The molecule has 1 aliphatic heterocycles. The van der Waals surface area contributed by atoms with Crippen LogP contribution in [0.2, 0.25) is 0 Å². The van der Waals surface area contributed by atoms with E-state index in [1.165, 1.54) is 32.8 Å². The molecule has 1 aromatic heterocycles. The molecule has 170 valence electrons. The van der Waals surface area contributed by atoms with Crippen molar-refractivity contribution in [1.82, 2.24) is 15.3 Å². The monoisotopic (exact) mass is 441 g/mol. The lowest BCUT2D eigenvalue weighted by molar-refractivity contribution is -0.149. The maximum absolute atomic E-state index is 12.2. The zero-order chi connectivity index (χ0) is 22.9. The molecule has 0 radical (unpaired) electrons. The summed E-state index contributed by atoms with van der Waals surface area (Å²) in [7, 11) is 2.60. The van der Waals surface area contributed by atoms with Crippen molar-refractivity contribution < 1.29 is 23.9 Å². The Balaban J connectivity index is 1.51. The number of ether oxygens (including phenoxy) is 2. The molecule has 0 aliphatic carbocycles. The summed E-state index contributed by atoms with van der Waals surface area (Å²) in [5.74, 6) is -1.25. The molecule has 0 bridgehead atoms. The summed E-state index contributed by atoms with van der Waals surface area (Å²) in [5, 5.41) is 6.03. The van der Waals surface area contributed by atoms with Gasteiger partial charge in [0, 0.05) is 42.9 Å². The van der Waals surface area contributed by atoms with E-state index in [9.17, 15) is 14.4 Å². The molecule has 1 amide bonds. The number of nitrogens with one attached hydrogen (secondary N) is 2. The van der Waals surface area contributed by atoms with Crippen LogP contribution in [-0.2, 0) is 19.1 Å². The number of carbonyl (C=O) groups excluding carboxylic acids is 3. The topological polar surface area (TPSA) is 123 Å². The fourth-order valence-corrected chi connectivity index (χ4v) is 3.56. The number of benzene rings is 1. The predicted molar refractivity (Wildman–Crippen MR) is 117 cm³/mol. The van der Waals surface area contributed by atoms with Gasteiger partial charge in [-0.2, -0.15) is 0 Å². The highest BCUT2D eigenvalue weighted by molar-refractivity contribution is 6.02. The first-order valence-electron chi connectivity index (χ1n) is 10.3. The van der Waals surface area contributed by atoms with E-state index in [4.69, 9.17) is 4.74 Å². The van der Waals surface area contributed by atoms with Crippen LogP contribution in [0, 0.1) is 0 Å². The maximum Gasteiger partial charge on any atom is 0.323 e. The van der Waals surface area contributed by atoms with Crippen molar-refractivity contribution in [2.45, 2.75) is 31.3 Å². The molecule has 1 fully saturated rings. The molecule has 3 rings (SSSR count). The van der Waals surface area contributed by atoms with E-state index >= 15 is 0 Å². The Morgan fingerprint density at radius 1 is 1.09 bits per heavy atom. The lowest BCUT2D eigenvalue weighted by atomic mass is 10.0. The van der Waals surface area contributed by atoms with Gasteiger partial charge in [0.25, 0.3) is 5.91 Å². The van der Waals surface area contributed by atoms with Gasteiger partial charge in [-0.15, -0.1) is 0 Å². The Morgan fingerprint density at radius 2 is 1.81 bits per heavy atom. The van der Waals surface area contributed by atoms with Crippen molar-refractivity contribution in [1.29, 1.82) is 0 Å². The minimum Gasteiger partial charge on any atom is -0.469 e. The average Bonchev–Trinajstić information content (AvgIpc) is 2.84. The lowest BCUT2D eigenvalue weighted by Crippen LogP contribution is -2.50. The summed E-state index contributed by atoms with van der Waals surface area (Å²) in [6, 6.07) is 6.96. The molecule has 2 N–H and O–H groups in total. The molecule has 1 saturated heterocycles. The van der Waals surface area contributed by atoms with Crippen molar-refractivity contribution in [2.75, 3.05) is 37.5 Å². The van der Waals surface area contributed by atoms with E-state index in [0.717, 1.165) is 31.6 Å². The quantitative estimate of drug-likeness (QED) is 0.585. The van der Waals surface area contributed by atoms with E-state index in [2.05, 4.69) is 30.2 Å². The number of esters is 2. The van der Waals surface area contributed by atoms with Crippen LogP contribution in [0.5, 0.6) is 0 Å². The lowest BCUT2D eigenvalue weighted by Gasteiger charge is -2.35. The molecule has 32 heavy (non-hydrogen) atoms. The van der Waals surface area contributed by atoms with Crippen molar-refractivity contribution in [2.24, 2.45) is 0 Å². The first-order valence-corrected chi connectivity index (χ1v) is 10.3. The predicted octanol–water partition coefficient (Wildman–Crippen LogP) is 1.39. The van der Waals surface area contributed by atoms with Crippen molar-refractivity contribution in [3.63, 3.8) is 0 Å². The van der Waals surface area contributed by atoms with Crippen LogP contribution in [0.1, 0.15) is 29.8 Å². The zero-order valence-electron chi connectivity index (χ0n) is 18.1. The normalized spacial score (nSPS) is 15.0. The molecule has 2 heterocycles. The highest BCUT2D eigenvalue weighted by Gasteiger charge is 2.28. The Bertz CT molecular complexity index is 914.